The van der Waals surface area contributed by atoms with Gasteiger partial charge in [-0.3, -0.25) is 5.32 Å². The van der Waals surface area contributed by atoms with Crippen LogP contribution in [0.25, 0.3) is 0 Å². The molecule has 0 saturated carbocycles. The first-order valence-corrected chi connectivity index (χ1v) is 7.10. The van der Waals surface area contributed by atoms with E-state index >= 15 is 0 Å². The van der Waals surface area contributed by atoms with Crippen molar-refractivity contribution < 1.29 is 14.4 Å². The third-order valence-corrected chi connectivity index (χ3v) is 2.95. The van der Waals surface area contributed by atoms with Crippen molar-refractivity contribution in [3.8, 4) is 0 Å². The summed E-state index contributed by atoms with van der Waals surface area (Å²) in [5.41, 5.74) is 3.02. The van der Waals surface area contributed by atoms with Gasteiger partial charge in [0.25, 0.3) is 0 Å². The molecule has 108 valence electrons. The Hall–Kier alpha value is -1.48. The predicted octanol–water partition coefficient (Wildman–Crippen LogP) is 2.87. The molecule has 1 heterocycles. The van der Waals surface area contributed by atoms with Gasteiger partial charge in [0, 0.05) is 3.57 Å². The lowest BCUT2D eigenvalue weighted by atomic mass is 10.2. The Morgan fingerprint density at radius 2 is 2.00 bits per heavy atom. The van der Waals surface area contributed by atoms with Crippen molar-refractivity contribution >= 4 is 34.4 Å². The average Bonchev–Trinajstić information content (AvgIpc) is 2.75. The highest BCUT2D eigenvalue weighted by Gasteiger charge is 2.21. The van der Waals surface area contributed by atoms with E-state index in [9.17, 15) is 4.79 Å². The highest BCUT2D eigenvalue weighted by Crippen LogP contribution is 2.18. The zero-order valence-electron chi connectivity index (χ0n) is 11.4. The molecule has 1 aromatic carbocycles. The smallest absolute Gasteiger partial charge is 0.414 e. The third kappa shape index (κ3) is 4.27. The van der Waals surface area contributed by atoms with Crippen LogP contribution in [0.5, 0.6) is 0 Å². The van der Waals surface area contributed by atoms with E-state index in [0.29, 0.717) is 0 Å². The molecular weight excluding hydrogens is 373 g/mol. The van der Waals surface area contributed by atoms with Crippen molar-refractivity contribution in [1.82, 2.24) is 10.9 Å². The molecule has 0 spiro atoms. The molecule has 0 aromatic heterocycles. The maximum atomic E-state index is 11.6. The normalized spacial score (nSPS) is 14.6. The Balaban J connectivity index is 1.97. The second-order valence-corrected chi connectivity index (χ2v) is 6.41. The maximum Gasteiger partial charge on any atom is 0.414 e. The van der Waals surface area contributed by atoms with Gasteiger partial charge in [-0.15, -0.1) is 0 Å². The molecule has 0 unspecified atom stereocenters. The van der Waals surface area contributed by atoms with Crippen molar-refractivity contribution in [2.24, 2.45) is 0 Å². The second-order valence-electron chi connectivity index (χ2n) is 5.16. The number of carbonyl (C=O) groups is 1. The quantitative estimate of drug-likeness (QED) is 0.762. The van der Waals surface area contributed by atoms with Gasteiger partial charge in [0.1, 0.15) is 5.60 Å². The van der Waals surface area contributed by atoms with Crippen LogP contribution in [0.4, 0.5) is 10.5 Å². The van der Waals surface area contributed by atoms with Crippen molar-refractivity contribution in [1.29, 1.82) is 0 Å². The van der Waals surface area contributed by atoms with Gasteiger partial charge in [-0.25, -0.2) is 9.80 Å². The van der Waals surface area contributed by atoms with Crippen molar-refractivity contribution in [3.63, 3.8) is 0 Å². The van der Waals surface area contributed by atoms with Gasteiger partial charge >= 0.3 is 6.09 Å². The molecule has 0 bridgehead atoms. The van der Waals surface area contributed by atoms with Gasteiger partial charge in [-0.1, -0.05) is 5.59 Å². The Kier molecular flexibility index (Phi) is 4.39. The summed E-state index contributed by atoms with van der Waals surface area (Å²) >= 11 is 2.23. The summed E-state index contributed by atoms with van der Waals surface area (Å²) in [7, 11) is 0. The molecule has 2 rings (SSSR count). The number of hydrogen-bond acceptors (Lipinski definition) is 5. The molecule has 1 amide bonds. The molecule has 1 aliphatic rings. The van der Waals surface area contributed by atoms with E-state index in [2.05, 4.69) is 33.5 Å². The number of rotatable bonds is 2. The van der Waals surface area contributed by atoms with Crippen LogP contribution in [0, 0.1) is 3.57 Å². The summed E-state index contributed by atoms with van der Waals surface area (Å²) in [5.74, 6) is 0.276. The molecule has 0 radical (unpaired) electrons. The second kappa shape index (κ2) is 5.88. The number of ether oxygens (including phenoxy) is 1. The monoisotopic (exact) mass is 389 g/mol. The van der Waals surface area contributed by atoms with Gasteiger partial charge in [-0.05, 0) is 67.6 Å². The van der Waals surface area contributed by atoms with Gasteiger partial charge in [0.2, 0.25) is 5.88 Å². The number of hydrazine groups is 1. The molecule has 0 atom stereocenters. The molecule has 0 fully saturated rings. The molecule has 20 heavy (non-hydrogen) atoms. The lowest BCUT2D eigenvalue weighted by Gasteiger charge is -2.19. The van der Waals surface area contributed by atoms with E-state index in [-0.39, 0.29) is 5.88 Å². The summed E-state index contributed by atoms with van der Waals surface area (Å²) in [5, 5.41) is 4.17. The molecule has 1 aromatic rings. The zero-order chi connectivity index (χ0) is 14.8. The van der Waals surface area contributed by atoms with E-state index < -0.39 is 11.7 Å². The lowest BCUT2D eigenvalue weighted by molar-refractivity contribution is 0.0456. The summed E-state index contributed by atoms with van der Waals surface area (Å²) in [6.07, 6.45) is 1.07. The minimum absolute atomic E-state index is 0.276. The SMILES string of the molecule is CC(C)(C)OC(=O)NC1=CN(c2ccc(I)cc2)NO1. The largest absolute Gasteiger partial charge is 0.444 e. The summed E-state index contributed by atoms with van der Waals surface area (Å²) in [4.78, 5) is 16.8. The first-order chi connectivity index (χ1) is 9.33. The molecule has 0 saturated heterocycles. The minimum atomic E-state index is -0.560. The fraction of sp³-hybridized carbons (Fsp3) is 0.308. The maximum absolute atomic E-state index is 11.6. The number of nitrogens with zero attached hydrogens (tertiary/aromatic N) is 1. The van der Waals surface area contributed by atoms with Crippen LogP contribution in [0.3, 0.4) is 0 Å². The van der Waals surface area contributed by atoms with E-state index in [1.807, 2.05) is 24.3 Å². The van der Waals surface area contributed by atoms with E-state index in [1.165, 1.54) is 0 Å². The first kappa shape index (κ1) is 14.9. The Morgan fingerprint density at radius 1 is 1.35 bits per heavy atom. The van der Waals surface area contributed by atoms with E-state index in [0.717, 1.165) is 9.26 Å². The molecule has 2 N–H and O–H groups in total. The summed E-state index contributed by atoms with van der Waals surface area (Å²) in [6, 6.07) is 7.82. The van der Waals surface area contributed by atoms with Crippen molar-refractivity contribution in [2.45, 2.75) is 26.4 Å². The zero-order valence-corrected chi connectivity index (χ0v) is 13.6. The van der Waals surface area contributed by atoms with Crippen LogP contribution < -0.4 is 15.9 Å². The van der Waals surface area contributed by atoms with Crippen LogP contribution >= 0.6 is 22.6 Å². The van der Waals surface area contributed by atoms with Gasteiger partial charge in [0.05, 0.1) is 11.9 Å². The van der Waals surface area contributed by atoms with E-state index in [1.54, 1.807) is 32.0 Å². The van der Waals surface area contributed by atoms with E-state index in [4.69, 9.17) is 9.57 Å². The van der Waals surface area contributed by atoms with Crippen LogP contribution in [0.2, 0.25) is 0 Å². The molecular formula is C13H16IN3O3. The Bertz CT molecular complexity index is 523. The Labute approximate surface area is 131 Å². The van der Waals surface area contributed by atoms with Crippen LogP contribution in [0.1, 0.15) is 20.8 Å². The summed E-state index contributed by atoms with van der Waals surface area (Å²) in [6.45, 7) is 5.39. The number of amides is 1. The Morgan fingerprint density at radius 3 is 2.60 bits per heavy atom. The average molecular weight is 389 g/mol. The van der Waals surface area contributed by atoms with Gasteiger partial charge in [-0.2, -0.15) is 0 Å². The lowest BCUT2D eigenvalue weighted by Crippen LogP contribution is -2.32. The van der Waals surface area contributed by atoms with Gasteiger partial charge in [0.15, 0.2) is 0 Å². The van der Waals surface area contributed by atoms with Gasteiger partial charge < -0.3 is 9.57 Å². The fourth-order valence-electron chi connectivity index (χ4n) is 1.46. The topological polar surface area (TPSA) is 62.8 Å². The number of nitrogens with one attached hydrogen (secondary N) is 2. The molecule has 1 aliphatic heterocycles. The number of carbonyl (C=O) groups excluding carboxylic acids is 1. The first-order valence-electron chi connectivity index (χ1n) is 6.03. The highest BCUT2D eigenvalue weighted by molar-refractivity contribution is 14.1. The third-order valence-electron chi connectivity index (χ3n) is 2.23. The number of alkyl carbamates (subject to hydrolysis) is 1. The van der Waals surface area contributed by atoms with Crippen molar-refractivity contribution in [3.05, 3.63) is 39.9 Å². The van der Waals surface area contributed by atoms with Crippen LogP contribution in [-0.2, 0) is 9.57 Å². The molecule has 6 nitrogen and oxygen atoms in total. The number of anilines is 1. The predicted molar refractivity (Wildman–Crippen MR) is 83.3 cm³/mol. The standard InChI is InChI=1S/C13H16IN3O3/c1-13(2,3)19-12(18)15-11-8-17(16-20-11)10-6-4-9(14)5-7-10/h4-8,16H,1-3H3,(H,15,18). The fourth-order valence-corrected chi connectivity index (χ4v) is 1.82. The van der Waals surface area contributed by atoms with Crippen LogP contribution in [-0.4, -0.2) is 11.7 Å². The molecule has 7 heteroatoms. The summed E-state index contributed by atoms with van der Waals surface area (Å²) < 4.78 is 6.28. The number of benzene rings is 1. The molecule has 0 aliphatic carbocycles. The number of hydrogen-bond donors (Lipinski definition) is 2. The van der Waals surface area contributed by atoms with Crippen LogP contribution in [0.15, 0.2) is 36.3 Å². The van der Waals surface area contributed by atoms with Crippen molar-refractivity contribution in [2.75, 3.05) is 5.01 Å². The highest BCUT2D eigenvalue weighted by atomic mass is 127. The number of halogens is 1. The minimum Gasteiger partial charge on any atom is -0.444 e.